The molecule has 0 aliphatic carbocycles. The maximum Gasteiger partial charge on any atom is 0.129 e. The van der Waals surface area contributed by atoms with Crippen molar-refractivity contribution in [3.05, 3.63) is 23.7 Å². The van der Waals surface area contributed by atoms with Crippen LogP contribution in [0.15, 0.2) is 16.7 Å². The lowest BCUT2D eigenvalue weighted by Gasteiger charge is -2.19. The SMILES string of the molecule is CN(C)CCOCc1cc(CNC(C)(C)C)co1. The Bertz CT molecular complexity index is 340. The minimum Gasteiger partial charge on any atom is -0.467 e. The van der Waals surface area contributed by atoms with Gasteiger partial charge in [0.25, 0.3) is 0 Å². The molecule has 0 fully saturated rings. The monoisotopic (exact) mass is 254 g/mol. The number of hydrogen-bond donors (Lipinski definition) is 1. The van der Waals surface area contributed by atoms with Crippen molar-refractivity contribution in [1.29, 1.82) is 0 Å². The Balaban J connectivity index is 2.26. The fraction of sp³-hybridized carbons (Fsp3) is 0.714. The van der Waals surface area contributed by atoms with Crippen LogP contribution in [-0.4, -0.2) is 37.7 Å². The summed E-state index contributed by atoms with van der Waals surface area (Å²) in [6.45, 7) is 9.48. The van der Waals surface area contributed by atoms with E-state index in [0.717, 1.165) is 31.0 Å². The van der Waals surface area contributed by atoms with E-state index in [1.54, 1.807) is 6.26 Å². The normalized spacial score (nSPS) is 12.3. The second kappa shape index (κ2) is 6.92. The smallest absolute Gasteiger partial charge is 0.129 e. The Morgan fingerprint density at radius 2 is 2.06 bits per heavy atom. The van der Waals surface area contributed by atoms with Gasteiger partial charge in [0.15, 0.2) is 0 Å². The van der Waals surface area contributed by atoms with Crippen LogP contribution in [0.2, 0.25) is 0 Å². The van der Waals surface area contributed by atoms with E-state index < -0.39 is 0 Å². The summed E-state index contributed by atoms with van der Waals surface area (Å²) < 4.78 is 11.0. The van der Waals surface area contributed by atoms with Gasteiger partial charge in [0.05, 0.1) is 12.9 Å². The average molecular weight is 254 g/mol. The van der Waals surface area contributed by atoms with Gasteiger partial charge in [-0.25, -0.2) is 0 Å². The summed E-state index contributed by atoms with van der Waals surface area (Å²) in [5.41, 5.74) is 1.29. The van der Waals surface area contributed by atoms with E-state index in [0.29, 0.717) is 6.61 Å². The van der Waals surface area contributed by atoms with Crippen LogP contribution in [0.3, 0.4) is 0 Å². The molecule has 18 heavy (non-hydrogen) atoms. The van der Waals surface area contributed by atoms with Gasteiger partial charge in [-0.3, -0.25) is 0 Å². The van der Waals surface area contributed by atoms with Gasteiger partial charge < -0.3 is 19.4 Å². The Morgan fingerprint density at radius 1 is 1.33 bits per heavy atom. The van der Waals surface area contributed by atoms with Crippen molar-refractivity contribution in [3.63, 3.8) is 0 Å². The standard InChI is InChI=1S/C14H26N2O2/c1-14(2,3)15-9-12-8-13(18-10-12)11-17-7-6-16(4)5/h8,10,15H,6-7,9,11H2,1-5H3. The van der Waals surface area contributed by atoms with Gasteiger partial charge in [0.2, 0.25) is 0 Å². The van der Waals surface area contributed by atoms with E-state index in [2.05, 4.69) is 37.1 Å². The maximum atomic E-state index is 5.53. The first-order chi connectivity index (χ1) is 8.37. The molecule has 0 atom stereocenters. The second-order valence-corrected chi connectivity index (χ2v) is 5.88. The van der Waals surface area contributed by atoms with Crippen molar-refractivity contribution in [2.75, 3.05) is 27.2 Å². The molecule has 1 rings (SSSR count). The zero-order valence-electron chi connectivity index (χ0n) is 12.2. The lowest BCUT2D eigenvalue weighted by atomic mass is 10.1. The lowest BCUT2D eigenvalue weighted by molar-refractivity contribution is 0.0926. The Labute approximate surface area is 110 Å². The van der Waals surface area contributed by atoms with Gasteiger partial charge >= 0.3 is 0 Å². The number of hydrogen-bond acceptors (Lipinski definition) is 4. The molecule has 0 saturated carbocycles. The highest BCUT2D eigenvalue weighted by atomic mass is 16.5. The number of rotatable bonds is 7. The Hall–Kier alpha value is -0.840. The molecule has 0 amide bonds. The lowest BCUT2D eigenvalue weighted by Crippen LogP contribution is -2.34. The molecule has 4 heteroatoms. The minimum absolute atomic E-state index is 0.125. The summed E-state index contributed by atoms with van der Waals surface area (Å²) >= 11 is 0. The van der Waals surface area contributed by atoms with E-state index in [9.17, 15) is 0 Å². The van der Waals surface area contributed by atoms with E-state index in [4.69, 9.17) is 9.15 Å². The third kappa shape index (κ3) is 6.79. The van der Waals surface area contributed by atoms with Gasteiger partial charge in [-0.2, -0.15) is 0 Å². The zero-order valence-corrected chi connectivity index (χ0v) is 12.2. The highest BCUT2D eigenvalue weighted by molar-refractivity contribution is 5.12. The summed E-state index contributed by atoms with van der Waals surface area (Å²) in [6.07, 6.45) is 1.80. The van der Waals surface area contributed by atoms with Crippen molar-refractivity contribution in [2.45, 2.75) is 39.5 Å². The molecule has 0 spiro atoms. The van der Waals surface area contributed by atoms with E-state index in [1.165, 1.54) is 0 Å². The highest BCUT2D eigenvalue weighted by Gasteiger charge is 2.09. The van der Waals surface area contributed by atoms with Crippen molar-refractivity contribution < 1.29 is 9.15 Å². The second-order valence-electron chi connectivity index (χ2n) is 5.88. The van der Waals surface area contributed by atoms with E-state index in [1.807, 2.05) is 14.1 Å². The van der Waals surface area contributed by atoms with Gasteiger partial charge in [-0.1, -0.05) is 0 Å². The first kappa shape index (κ1) is 15.2. The molecule has 0 unspecified atom stereocenters. The molecule has 0 aliphatic heterocycles. The van der Waals surface area contributed by atoms with Crippen LogP contribution >= 0.6 is 0 Å². The van der Waals surface area contributed by atoms with Crippen molar-refractivity contribution in [2.24, 2.45) is 0 Å². The quantitative estimate of drug-likeness (QED) is 0.757. The first-order valence-corrected chi connectivity index (χ1v) is 6.40. The van der Waals surface area contributed by atoms with Crippen LogP contribution in [0.5, 0.6) is 0 Å². The van der Waals surface area contributed by atoms with Crippen molar-refractivity contribution in [1.82, 2.24) is 10.2 Å². The minimum atomic E-state index is 0.125. The van der Waals surface area contributed by atoms with Gasteiger partial charge in [0.1, 0.15) is 12.4 Å². The number of nitrogens with zero attached hydrogens (tertiary/aromatic N) is 1. The largest absolute Gasteiger partial charge is 0.467 e. The van der Waals surface area contributed by atoms with Crippen LogP contribution in [0, 0.1) is 0 Å². The third-order valence-corrected chi connectivity index (χ3v) is 2.46. The van der Waals surface area contributed by atoms with E-state index in [-0.39, 0.29) is 5.54 Å². The molecule has 4 nitrogen and oxygen atoms in total. The Morgan fingerprint density at radius 3 is 2.67 bits per heavy atom. The number of furan rings is 1. The van der Waals surface area contributed by atoms with Crippen LogP contribution < -0.4 is 5.32 Å². The van der Waals surface area contributed by atoms with Crippen LogP contribution in [0.25, 0.3) is 0 Å². The summed E-state index contributed by atoms with van der Waals surface area (Å²) in [5.74, 6) is 0.888. The first-order valence-electron chi connectivity index (χ1n) is 6.40. The summed E-state index contributed by atoms with van der Waals surface area (Å²) in [4.78, 5) is 2.10. The number of likely N-dealkylation sites (N-methyl/N-ethyl adjacent to an activating group) is 1. The van der Waals surface area contributed by atoms with Crippen molar-refractivity contribution in [3.8, 4) is 0 Å². The molecule has 0 radical (unpaired) electrons. The van der Waals surface area contributed by atoms with E-state index >= 15 is 0 Å². The van der Waals surface area contributed by atoms with Gasteiger partial charge in [-0.15, -0.1) is 0 Å². The molecule has 1 aromatic heterocycles. The maximum absolute atomic E-state index is 5.53. The molecule has 1 heterocycles. The summed E-state index contributed by atoms with van der Waals surface area (Å²) in [5, 5.41) is 3.43. The number of nitrogens with one attached hydrogen (secondary N) is 1. The topological polar surface area (TPSA) is 37.6 Å². The molecule has 1 aromatic rings. The fourth-order valence-corrected chi connectivity index (χ4v) is 1.38. The van der Waals surface area contributed by atoms with Gasteiger partial charge in [-0.05, 0) is 40.9 Å². The predicted molar refractivity (Wildman–Crippen MR) is 73.5 cm³/mol. The van der Waals surface area contributed by atoms with Crippen molar-refractivity contribution >= 4 is 0 Å². The molecule has 0 aromatic carbocycles. The zero-order chi connectivity index (χ0) is 13.6. The summed E-state index contributed by atoms with van der Waals surface area (Å²) in [6, 6.07) is 2.05. The fourth-order valence-electron chi connectivity index (χ4n) is 1.38. The molecule has 0 bridgehead atoms. The molecular formula is C14H26N2O2. The van der Waals surface area contributed by atoms with Crippen LogP contribution in [0.1, 0.15) is 32.1 Å². The highest BCUT2D eigenvalue weighted by Crippen LogP contribution is 2.10. The average Bonchev–Trinajstić information content (AvgIpc) is 2.68. The predicted octanol–water partition coefficient (Wildman–Crippen LogP) is 2.25. The molecular weight excluding hydrogens is 228 g/mol. The molecule has 104 valence electrons. The molecule has 1 N–H and O–H groups in total. The molecule has 0 aliphatic rings. The third-order valence-electron chi connectivity index (χ3n) is 2.46. The Kier molecular flexibility index (Phi) is 5.85. The van der Waals surface area contributed by atoms with Gasteiger partial charge in [0, 0.05) is 24.2 Å². The number of ether oxygens (including phenoxy) is 1. The van der Waals surface area contributed by atoms with Crippen LogP contribution in [0.4, 0.5) is 0 Å². The summed E-state index contributed by atoms with van der Waals surface area (Å²) in [7, 11) is 4.07. The molecule has 0 saturated heterocycles. The van der Waals surface area contributed by atoms with Crippen LogP contribution in [-0.2, 0) is 17.9 Å².